The molecule has 4 nitrogen and oxygen atoms in total. The number of pyridine rings is 1. The first-order chi connectivity index (χ1) is 8.94. The van der Waals surface area contributed by atoms with Crippen molar-refractivity contribution >= 4 is 40.7 Å². The summed E-state index contributed by atoms with van der Waals surface area (Å²) in [4.78, 5) is 15.2. The van der Waals surface area contributed by atoms with Crippen LogP contribution in [0.15, 0.2) is 30.3 Å². The Bertz CT molecular complexity index is 624. The van der Waals surface area contributed by atoms with Crippen molar-refractivity contribution in [1.29, 1.82) is 0 Å². The second-order valence-electron chi connectivity index (χ2n) is 3.97. The standard InChI is InChI=1S/C13H10Cl2N2O2/c1-7-2-8(13(18)19)3-12(16-7)17-11-5-9(14)4-10(15)6-11/h2-6H,1H3,(H,16,17)(H,18,19). The van der Waals surface area contributed by atoms with Crippen LogP contribution in [0.2, 0.25) is 10.0 Å². The van der Waals surface area contributed by atoms with Gasteiger partial charge in [-0.05, 0) is 37.3 Å². The summed E-state index contributed by atoms with van der Waals surface area (Å²) >= 11 is 11.8. The lowest BCUT2D eigenvalue weighted by atomic mass is 10.2. The van der Waals surface area contributed by atoms with Crippen molar-refractivity contribution in [3.8, 4) is 0 Å². The van der Waals surface area contributed by atoms with Crippen molar-refractivity contribution in [2.24, 2.45) is 0 Å². The summed E-state index contributed by atoms with van der Waals surface area (Å²) in [6.45, 7) is 1.72. The molecule has 0 unspecified atom stereocenters. The minimum atomic E-state index is -1.00. The Morgan fingerprint density at radius 2 is 1.79 bits per heavy atom. The molecule has 2 N–H and O–H groups in total. The van der Waals surface area contributed by atoms with Gasteiger partial charge in [-0.3, -0.25) is 0 Å². The van der Waals surface area contributed by atoms with Gasteiger partial charge < -0.3 is 10.4 Å². The molecule has 2 aromatic rings. The third-order valence-electron chi connectivity index (χ3n) is 2.34. The van der Waals surface area contributed by atoms with E-state index < -0.39 is 5.97 Å². The van der Waals surface area contributed by atoms with Gasteiger partial charge in [0.2, 0.25) is 0 Å². The highest BCUT2D eigenvalue weighted by Gasteiger charge is 2.07. The van der Waals surface area contributed by atoms with E-state index in [1.54, 1.807) is 25.1 Å². The molecular formula is C13H10Cl2N2O2. The summed E-state index contributed by atoms with van der Waals surface area (Å²) in [5, 5.41) is 12.9. The van der Waals surface area contributed by atoms with Crippen LogP contribution < -0.4 is 5.32 Å². The largest absolute Gasteiger partial charge is 0.478 e. The zero-order valence-electron chi connectivity index (χ0n) is 9.95. The molecule has 0 spiro atoms. The van der Waals surface area contributed by atoms with Crippen LogP contribution in [0.1, 0.15) is 16.1 Å². The molecule has 0 saturated heterocycles. The van der Waals surface area contributed by atoms with Crippen LogP contribution in [0, 0.1) is 6.92 Å². The quantitative estimate of drug-likeness (QED) is 0.893. The van der Waals surface area contributed by atoms with E-state index in [0.717, 1.165) is 0 Å². The third-order valence-corrected chi connectivity index (χ3v) is 2.77. The molecule has 1 aromatic carbocycles. The van der Waals surface area contributed by atoms with Gasteiger partial charge in [0, 0.05) is 21.4 Å². The normalized spacial score (nSPS) is 10.3. The Kier molecular flexibility index (Phi) is 3.93. The molecule has 0 aliphatic carbocycles. The van der Waals surface area contributed by atoms with Gasteiger partial charge in [0.15, 0.2) is 0 Å². The van der Waals surface area contributed by atoms with Gasteiger partial charge >= 0.3 is 5.97 Å². The molecule has 0 saturated carbocycles. The van der Waals surface area contributed by atoms with E-state index in [2.05, 4.69) is 10.3 Å². The lowest BCUT2D eigenvalue weighted by Gasteiger charge is -2.08. The Morgan fingerprint density at radius 1 is 1.16 bits per heavy atom. The number of rotatable bonds is 3. The highest BCUT2D eigenvalue weighted by atomic mass is 35.5. The van der Waals surface area contributed by atoms with E-state index in [0.29, 0.717) is 27.2 Å². The number of halogens is 2. The fraction of sp³-hybridized carbons (Fsp3) is 0.0769. The first-order valence-corrected chi connectivity index (χ1v) is 6.15. The van der Waals surface area contributed by atoms with Crippen molar-refractivity contribution in [3.05, 3.63) is 51.6 Å². The van der Waals surface area contributed by atoms with Crippen LogP contribution in [0.25, 0.3) is 0 Å². The summed E-state index contributed by atoms with van der Waals surface area (Å²) < 4.78 is 0. The monoisotopic (exact) mass is 296 g/mol. The van der Waals surface area contributed by atoms with Crippen molar-refractivity contribution < 1.29 is 9.90 Å². The maximum Gasteiger partial charge on any atom is 0.335 e. The molecule has 6 heteroatoms. The lowest BCUT2D eigenvalue weighted by molar-refractivity contribution is 0.0696. The van der Waals surface area contributed by atoms with E-state index in [1.165, 1.54) is 12.1 Å². The van der Waals surface area contributed by atoms with Gasteiger partial charge in [-0.25, -0.2) is 9.78 Å². The molecule has 0 aliphatic rings. The summed E-state index contributed by atoms with van der Waals surface area (Å²) in [5.41, 5.74) is 1.42. The number of aryl methyl sites for hydroxylation is 1. The molecule has 1 heterocycles. The summed E-state index contributed by atoms with van der Waals surface area (Å²) in [6.07, 6.45) is 0. The number of aromatic nitrogens is 1. The summed E-state index contributed by atoms with van der Waals surface area (Å²) in [6, 6.07) is 7.92. The number of hydrogen-bond acceptors (Lipinski definition) is 3. The SMILES string of the molecule is Cc1cc(C(=O)O)cc(Nc2cc(Cl)cc(Cl)c2)n1. The predicted molar refractivity (Wildman–Crippen MR) is 75.7 cm³/mol. The molecule has 1 aromatic heterocycles. The first kappa shape index (κ1) is 13.6. The molecule has 0 atom stereocenters. The number of carbonyl (C=O) groups is 1. The first-order valence-electron chi connectivity index (χ1n) is 5.39. The zero-order chi connectivity index (χ0) is 14.0. The minimum absolute atomic E-state index is 0.170. The fourth-order valence-electron chi connectivity index (χ4n) is 1.63. The summed E-state index contributed by atoms with van der Waals surface area (Å²) in [7, 11) is 0. The van der Waals surface area contributed by atoms with Crippen LogP contribution in [0.3, 0.4) is 0 Å². The van der Waals surface area contributed by atoms with E-state index in [-0.39, 0.29) is 5.56 Å². The van der Waals surface area contributed by atoms with E-state index >= 15 is 0 Å². The Labute approximate surface area is 120 Å². The van der Waals surface area contributed by atoms with Crippen molar-refractivity contribution in [2.75, 3.05) is 5.32 Å². The van der Waals surface area contributed by atoms with E-state index in [1.807, 2.05) is 0 Å². The lowest BCUT2D eigenvalue weighted by Crippen LogP contribution is -2.02. The maximum absolute atomic E-state index is 11.0. The number of benzene rings is 1. The molecule has 0 aliphatic heterocycles. The molecule has 98 valence electrons. The number of aromatic carboxylic acids is 1. The second kappa shape index (κ2) is 5.47. The Balaban J connectivity index is 2.35. The zero-order valence-corrected chi connectivity index (χ0v) is 11.5. The highest BCUT2D eigenvalue weighted by molar-refractivity contribution is 6.35. The fourth-order valence-corrected chi connectivity index (χ4v) is 2.16. The minimum Gasteiger partial charge on any atom is -0.478 e. The predicted octanol–water partition coefficient (Wildman–Crippen LogP) is 4.14. The number of carboxylic acids is 1. The van der Waals surface area contributed by atoms with Gasteiger partial charge in [0.05, 0.1) is 5.56 Å². The number of carboxylic acid groups (broad SMARTS) is 1. The average Bonchev–Trinajstić information content (AvgIpc) is 2.26. The van der Waals surface area contributed by atoms with Crippen molar-refractivity contribution in [2.45, 2.75) is 6.92 Å². The molecule has 2 rings (SSSR count). The Hall–Kier alpha value is -1.78. The number of anilines is 2. The molecule has 0 fully saturated rings. The smallest absolute Gasteiger partial charge is 0.335 e. The van der Waals surface area contributed by atoms with Crippen molar-refractivity contribution in [3.63, 3.8) is 0 Å². The number of hydrogen-bond donors (Lipinski definition) is 2. The summed E-state index contributed by atoms with van der Waals surface area (Å²) in [5.74, 6) is -0.576. The number of nitrogens with zero attached hydrogens (tertiary/aromatic N) is 1. The van der Waals surface area contributed by atoms with Gasteiger partial charge in [-0.15, -0.1) is 0 Å². The van der Waals surface area contributed by atoms with Gasteiger partial charge in [0.1, 0.15) is 5.82 Å². The topological polar surface area (TPSA) is 62.2 Å². The van der Waals surface area contributed by atoms with Crippen LogP contribution in [-0.4, -0.2) is 16.1 Å². The van der Waals surface area contributed by atoms with Crippen LogP contribution in [-0.2, 0) is 0 Å². The van der Waals surface area contributed by atoms with E-state index in [4.69, 9.17) is 28.3 Å². The third kappa shape index (κ3) is 3.59. The molecule has 0 amide bonds. The Morgan fingerprint density at radius 3 is 2.37 bits per heavy atom. The van der Waals surface area contributed by atoms with Crippen LogP contribution in [0.5, 0.6) is 0 Å². The number of nitrogens with one attached hydrogen (secondary N) is 1. The van der Waals surface area contributed by atoms with Gasteiger partial charge in [-0.1, -0.05) is 23.2 Å². The van der Waals surface area contributed by atoms with Crippen LogP contribution in [0.4, 0.5) is 11.5 Å². The maximum atomic E-state index is 11.0. The van der Waals surface area contributed by atoms with E-state index in [9.17, 15) is 4.79 Å². The average molecular weight is 297 g/mol. The second-order valence-corrected chi connectivity index (χ2v) is 4.84. The van der Waals surface area contributed by atoms with Crippen molar-refractivity contribution in [1.82, 2.24) is 4.98 Å². The molecule has 19 heavy (non-hydrogen) atoms. The molecule has 0 bridgehead atoms. The molecule has 0 radical (unpaired) electrons. The highest BCUT2D eigenvalue weighted by Crippen LogP contribution is 2.25. The molecular weight excluding hydrogens is 287 g/mol. The van der Waals surface area contributed by atoms with Gasteiger partial charge in [-0.2, -0.15) is 0 Å². The van der Waals surface area contributed by atoms with Gasteiger partial charge in [0.25, 0.3) is 0 Å². The van der Waals surface area contributed by atoms with Crippen LogP contribution >= 0.6 is 23.2 Å².